The molecule has 0 aliphatic rings. The van der Waals surface area contributed by atoms with E-state index in [1.165, 1.54) is 5.56 Å². The fourth-order valence-corrected chi connectivity index (χ4v) is 1.79. The number of hydrogen-bond donors (Lipinski definition) is 2. The van der Waals surface area contributed by atoms with Crippen LogP contribution in [0.2, 0.25) is 0 Å². The predicted molar refractivity (Wildman–Crippen MR) is 82.3 cm³/mol. The Bertz CT molecular complexity index is 417. The molecule has 1 aromatic rings. The number of nitrogens with one attached hydrogen (secondary N) is 2. The molecule has 1 rings (SSSR count). The second-order valence-corrected chi connectivity index (χ2v) is 4.42. The molecular formula is C16H23N3. The summed E-state index contributed by atoms with van der Waals surface area (Å²) >= 11 is 0. The lowest BCUT2D eigenvalue weighted by Crippen LogP contribution is -2.37. The summed E-state index contributed by atoms with van der Waals surface area (Å²) in [5.41, 5.74) is 1.36. The number of nitrogens with zero attached hydrogens (tertiary/aromatic N) is 1. The molecule has 3 nitrogen and oxygen atoms in total. The Morgan fingerprint density at radius 3 is 2.68 bits per heavy atom. The van der Waals surface area contributed by atoms with Crippen molar-refractivity contribution >= 4 is 5.96 Å². The number of guanidine groups is 1. The standard InChI is InChI=1S/C16H23N3/c1-4-12-18-16(17-5-2)19-13-11-14(3)15-9-7-6-8-10-15/h1,6-10,14H,5,11-13H2,2-3H3,(H2,17,18,19). The second-order valence-electron chi connectivity index (χ2n) is 4.42. The van der Waals surface area contributed by atoms with Crippen molar-refractivity contribution in [3.63, 3.8) is 0 Å². The Hall–Kier alpha value is -1.95. The lowest BCUT2D eigenvalue weighted by atomic mass is 9.98. The van der Waals surface area contributed by atoms with E-state index in [2.05, 4.69) is 52.7 Å². The molecule has 0 radical (unpaired) electrons. The van der Waals surface area contributed by atoms with Crippen LogP contribution in [0, 0.1) is 12.3 Å². The molecule has 0 aromatic heterocycles. The number of aliphatic imine (C=N–C) groups is 1. The molecule has 0 fully saturated rings. The molecule has 0 saturated carbocycles. The van der Waals surface area contributed by atoms with Crippen molar-refractivity contribution in [3.8, 4) is 12.3 Å². The maximum absolute atomic E-state index is 5.23. The first-order chi connectivity index (χ1) is 9.27. The molecule has 1 atom stereocenters. The molecule has 0 saturated heterocycles. The van der Waals surface area contributed by atoms with E-state index in [4.69, 9.17) is 6.42 Å². The first-order valence-electron chi connectivity index (χ1n) is 6.78. The van der Waals surface area contributed by atoms with Crippen molar-refractivity contribution in [2.75, 3.05) is 19.6 Å². The third-order valence-electron chi connectivity index (χ3n) is 2.90. The molecule has 0 amide bonds. The van der Waals surface area contributed by atoms with Crippen LogP contribution in [0.25, 0.3) is 0 Å². The molecule has 19 heavy (non-hydrogen) atoms. The average Bonchev–Trinajstić information content (AvgIpc) is 2.45. The van der Waals surface area contributed by atoms with Crippen LogP contribution >= 0.6 is 0 Å². The van der Waals surface area contributed by atoms with E-state index < -0.39 is 0 Å². The summed E-state index contributed by atoms with van der Waals surface area (Å²) in [6.07, 6.45) is 6.26. The first-order valence-corrected chi connectivity index (χ1v) is 6.78. The topological polar surface area (TPSA) is 36.4 Å². The van der Waals surface area contributed by atoms with Crippen molar-refractivity contribution in [2.24, 2.45) is 4.99 Å². The smallest absolute Gasteiger partial charge is 0.192 e. The monoisotopic (exact) mass is 257 g/mol. The van der Waals surface area contributed by atoms with Crippen molar-refractivity contribution in [1.29, 1.82) is 0 Å². The highest BCUT2D eigenvalue weighted by molar-refractivity contribution is 5.79. The highest BCUT2D eigenvalue weighted by Gasteiger charge is 2.04. The number of hydrogen-bond acceptors (Lipinski definition) is 1. The van der Waals surface area contributed by atoms with Gasteiger partial charge < -0.3 is 10.6 Å². The molecule has 2 N–H and O–H groups in total. The SMILES string of the molecule is C#CCNC(=NCCC(C)c1ccccc1)NCC. The largest absolute Gasteiger partial charge is 0.357 e. The Kier molecular flexibility index (Phi) is 7.19. The third kappa shape index (κ3) is 5.96. The third-order valence-corrected chi connectivity index (χ3v) is 2.90. The number of rotatable bonds is 6. The molecule has 102 valence electrons. The van der Waals surface area contributed by atoms with Gasteiger partial charge in [-0.05, 0) is 24.8 Å². The van der Waals surface area contributed by atoms with Crippen LogP contribution in [0.4, 0.5) is 0 Å². The normalized spacial score (nSPS) is 12.6. The van der Waals surface area contributed by atoms with Gasteiger partial charge in [-0.15, -0.1) is 6.42 Å². The first kappa shape index (κ1) is 15.1. The maximum Gasteiger partial charge on any atom is 0.192 e. The van der Waals surface area contributed by atoms with Crippen LogP contribution in [0.5, 0.6) is 0 Å². The van der Waals surface area contributed by atoms with E-state index in [-0.39, 0.29) is 0 Å². The fraction of sp³-hybridized carbons (Fsp3) is 0.438. The highest BCUT2D eigenvalue weighted by Crippen LogP contribution is 2.17. The van der Waals surface area contributed by atoms with Crippen molar-refractivity contribution in [3.05, 3.63) is 35.9 Å². The van der Waals surface area contributed by atoms with Crippen LogP contribution < -0.4 is 10.6 Å². The zero-order valence-corrected chi connectivity index (χ0v) is 11.8. The lowest BCUT2D eigenvalue weighted by Gasteiger charge is -2.12. The molecular weight excluding hydrogens is 234 g/mol. The van der Waals surface area contributed by atoms with Gasteiger partial charge in [-0.25, -0.2) is 0 Å². The summed E-state index contributed by atoms with van der Waals surface area (Å²) in [5.74, 6) is 3.86. The molecule has 0 bridgehead atoms. The predicted octanol–water partition coefficient (Wildman–Crippen LogP) is 2.37. The van der Waals surface area contributed by atoms with Gasteiger partial charge in [0.1, 0.15) is 0 Å². The van der Waals surface area contributed by atoms with Crippen LogP contribution in [-0.4, -0.2) is 25.6 Å². The number of terminal acetylenes is 1. The van der Waals surface area contributed by atoms with Crippen LogP contribution in [0.15, 0.2) is 35.3 Å². The summed E-state index contributed by atoms with van der Waals surface area (Å²) in [6, 6.07) is 10.5. The van der Waals surface area contributed by atoms with Crippen molar-refractivity contribution < 1.29 is 0 Å². The van der Waals surface area contributed by atoms with E-state index in [0.717, 1.165) is 25.5 Å². The zero-order valence-electron chi connectivity index (χ0n) is 11.8. The molecule has 0 spiro atoms. The van der Waals surface area contributed by atoms with Crippen molar-refractivity contribution in [1.82, 2.24) is 10.6 Å². The van der Waals surface area contributed by atoms with E-state index in [1.54, 1.807) is 0 Å². The Balaban J connectivity index is 2.43. The van der Waals surface area contributed by atoms with Gasteiger partial charge in [0.15, 0.2) is 5.96 Å². The van der Waals surface area contributed by atoms with Crippen LogP contribution in [0.3, 0.4) is 0 Å². The lowest BCUT2D eigenvalue weighted by molar-refractivity contribution is 0.685. The summed E-state index contributed by atoms with van der Waals surface area (Å²) in [5, 5.41) is 6.26. The van der Waals surface area contributed by atoms with Crippen LogP contribution in [0.1, 0.15) is 31.7 Å². The van der Waals surface area contributed by atoms with Gasteiger partial charge in [-0.1, -0.05) is 43.2 Å². The minimum atomic E-state index is 0.500. The molecule has 1 aromatic carbocycles. The minimum absolute atomic E-state index is 0.500. The molecule has 0 aliphatic heterocycles. The van der Waals surface area contributed by atoms with Gasteiger partial charge in [0.05, 0.1) is 6.54 Å². The highest BCUT2D eigenvalue weighted by atomic mass is 15.2. The number of benzene rings is 1. The second kappa shape index (κ2) is 9.04. The Morgan fingerprint density at radius 2 is 2.05 bits per heavy atom. The van der Waals surface area contributed by atoms with Gasteiger partial charge in [0.2, 0.25) is 0 Å². The minimum Gasteiger partial charge on any atom is -0.357 e. The van der Waals surface area contributed by atoms with Gasteiger partial charge in [-0.3, -0.25) is 4.99 Å². The zero-order chi connectivity index (χ0) is 13.9. The van der Waals surface area contributed by atoms with Crippen molar-refractivity contribution in [2.45, 2.75) is 26.2 Å². The molecule has 1 unspecified atom stereocenters. The van der Waals surface area contributed by atoms with E-state index in [0.29, 0.717) is 12.5 Å². The van der Waals surface area contributed by atoms with Gasteiger partial charge in [0, 0.05) is 13.1 Å². The maximum atomic E-state index is 5.23. The van der Waals surface area contributed by atoms with E-state index in [9.17, 15) is 0 Å². The molecule has 0 aliphatic carbocycles. The van der Waals surface area contributed by atoms with Gasteiger partial charge >= 0.3 is 0 Å². The Labute approximate surface area is 116 Å². The Morgan fingerprint density at radius 1 is 1.32 bits per heavy atom. The van der Waals surface area contributed by atoms with E-state index in [1.807, 2.05) is 13.0 Å². The summed E-state index contributed by atoms with van der Waals surface area (Å²) in [7, 11) is 0. The summed E-state index contributed by atoms with van der Waals surface area (Å²) in [6.45, 7) is 6.40. The summed E-state index contributed by atoms with van der Waals surface area (Å²) < 4.78 is 0. The van der Waals surface area contributed by atoms with Gasteiger partial charge in [0.25, 0.3) is 0 Å². The fourth-order valence-electron chi connectivity index (χ4n) is 1.79. The average molecular weight is 257 g/mol. The summed E-state index contributed by atoms with van der Waals surface area (Å²) in [4.78, 5) is 4.52. The van der Waals surface area contributed by atoms with E-state index >= 15 is 0 Å². The molecule has 0 heterocycles. The van der Waals surface area contributed by atoms with Gasteiger partial charge in [-0.2, -0.15) is 0 Å². The molecule has 3 heteroatoms. The van der Waals surface area contributed by atoms with Crippen LogP contribution in [-0.2, 0) is 0 Å². The quantitative estimate of drug-likeness (QED) is 0.466.